The molecule has 0 fully saturated rings. The Morgan fingerprint density at radius 3 is 2.66 bits per heavy atom. The van der Waals surface area contributed by atoms with Gasteiger partial charge in [-0.1, -0.05) is 24.8 Å². The zero-order chi connectivity index (χ0) is 22.1. The van der Waals surface area contributed by atoms with Gasteiger partial charge in [0.05, 0.1) is 5.69 Å². The molecule has 2 aromatic heterocycles. The van der Waals surface area contributed by atoms with Crippen molar-refractivity contribution >= 4 is 5.65 Å². The minimum Gasteiger partial charge on any atom is -0.486 e. The average Bonchev–Trinajstić information content (AvgIpc) is 3.22. The van der Waals surface area contributed by atoms with E-state index in [-0.39, 0.29) is 6.10 Å². The molecule has 4 aromatic rings. The van der Waals surface area contributed by atoms with Crippen LogP contribution in [0.3, 0.4) is 0 Å². The van der Waals surface area contributed by atoms with Crippen LogP contribution in [0, 0.1) is 0 Å². The molecule has 7 heteroatoms. The molecule has 1 atom stereocenters. The van der Waals surface area contributed by atoms with Crippen molar-refractivity contribution in [3.05, 3.63) is 84.3 Å². The molecule has 2 aromatic carbocycles. The van der Waals surface area contributed by atoms with Crippen LogP contribution in [0.5, 0.6) is 17.2 Å². The Bertz CT molecular complexity index is 1280. The highest BCUT2D eigenvalue weighted by molar-refractivity contribution is 5.66. The maximum absolute atomic E-state index is 5.75. The van der Waals surface area contributed by atoms with Gasteiger partial charge in [-0.05, 0) is 55.0 Å². The zero-order valence-electron chi connectivity index (χ0n) is 17.8. The van der Waals surface area contributed by atoms with E-state index < -0.39 is 0 Å². The fraction of sp³-hybridized carbons (Fsp3) is 0.200. The summed E-state index contributed by atoms with van der Waals surface area (Å²) in [6.07, 6.45) is 0.377. The van der Waals surface area contributed by atoms with Crippen LogP contribution in [-0.4, -0.2) is 33.9 Å². The maximum atomic E-state index is 5.75. The van der Waals surface area contributed by atoms with Crippen LogP contribution < -0.4 is 19.9 Å². The molecule has 0 aliphatic carbocycles. The van der Waals surface area contributed by atoms with Crippen molar-refractivity contribution in [1.29, 1.82) is 0 Å². The highest BCUT2D eigenvalue weighted by atomic mass is 16.6. The molecule has 0 spiro atoms. The van der Waals surface area contributed by atoms with Crippen molar-refractivity contribution in [2.75, 3.05) is 13.2 Å². The SMILES string of the molecule is C=C(N)C(C)Oc1ccc(Cc2nc3cccc(-c4ccc5c(c4)OCCO5)n3n2)cc1. The molecule has 0 saturated heterocycles. The van der Waals surface area contributed by atoms with Crippen molar-refractivity contribution in [1.82, 2.24) is 14.6 Å². The van der Waals surface area contributed by atoms with E-state index in [1.807, 2.05) is 72.1 Å². The minimum absolute atomic E-state index is 0.236. The first-order valence-corrected chi connectivity index (χ1v) is 10.5. The topological polar surface area (TPSA) is 83.9 Å². The molecule has 5 rings (SSSR count). The number of hydrogen-bond donors (Lipinski definition) is 1. The lowest BCUT2D eigenvalue weighted by Gasteiger charge is -2.19. The van der Waals surface area contributed by atoms with E-state index in [9.17, 15) is 0 Å². The van der Waals surface area contributed by atoms with Crippen molar-refractivity contribution in [3.63, 3.8) is 0 Å². The molecule has 3 heterocycles. The van der Waals surface area contributed by atoms with Crippen LogP contribution in [0.25, 0.3) is 16.9 Å². The lowest BCUT2D eigenvalue weighted by atomic mass is 10.1. The van der Waals surface area contributed by atoms with E-state index in [2.05, 4.69) is 6.58 Å². The Hall–Kier alpha value is -4.00. The number of fused-ring (bicyclic) bond motifs is 2. The van der Waals surface area contributed by atoms with Gasteiger partial charge in [0.25, 0.3) is 0 Å². The van der Waals surface area contributed by atoms with E-state index in [1.165, 1.54) is 0 Å². The Morgan fingerprint density at radius 1 is 1.09 bits per heavy atom. The molecule has 2 N–H and O–H groups in total. The summed E-state index contributed by atoms with van der Waals surface area (Å²) in [5, 5.41) is 4.76. The van der Waals surface area contributed by atoms with Crippen LogP contribution >= 0.6 is 0 Å². The molecule has 1 unspecified atom stereocenters. The Balaban J connectivity index is 1.39. The molecule has 0 saturated carbocycles. The second-order valence-corrected chi connectivity index (χ2v) is 7.72. The molecular weight excluding hydrogens is 404 g/mol. The fourth-order valence-corrected chi connectivity index (χ4v) is 3.59. The van der Waals surface area contributed by atoms with Gasteiger partial charge in [0, 0.05) is 17.7 Å². The standard InChI is InChI=1S/C25H24N4O3/c1-16(26)17(2)32-20-9-6-18(7-10-20)14-24-27-25-5-3-4-21(29(25)28-24)19-8-11-22-23(15-19)31-13-12-30-22/h3-11,15,17H,1,12-14,26H2,2H3. The number of nitrogens with two attached hydrogens (primary N) is 1. The quantitative estimate of drug-likeness (QED) is 0.500. The normalized spacial score (nSPS) is 13.7. The number of nitrogens with zero attached hydrogens (tertiary/aromatic N) is 3. The second-order valence-electron chi connectivity index (χ2n) is 7.72. The minimum atomic E-state index is -0.236. The first kappa shape index (κ1) is 19.9. The smallest absolute Gasteiger partial charge is 0.162 e. The Kier molecular flexibility index (Phi) is 5.15. The lowest BCUT2D eigenvalue weighted by molar-refractivity contribution is 0.171. The van der Waals surface area contributed by atoms with Gasteiger partial charge in [-0.25, -0.2) is 9.50 Å². The molecule has 0 bridgehead atoms. The van der Waals surface area contributed by atoms with Crippen LogP contribution in [0.4, 0.5) is 0 Å². The average molecular weight is 428 g/mol. The summed E-state index contributed by atoms with van der Waals surface area (Å²) in [5.41, 5.74) is 10.0. The summed E-state index contributed by atoms with van der Waals surface area (Å²) in [7, 11) is 0. The van der Waals surface area contributed by atoms with E-state index in [1.54, 1.807) is 0 Å². The number of benzene rings is 2. The molecule has 32 heavy (non-hydrogen) atoms. The van der Waals surface area contributed by atoms with Crippen LogP contribution in [0.1, 0.15) is 18.3 Å². The van der Waals surface area contributed by atoms with Crippen molar-refractivity contribution in [3.8, 4) is 28.5 Å². The molecule has 7 nitrogen and oxygen atoms in total. The maximum Gasteiger partial charge on any atom is 0.162 e. The van der Waals surface area contributed by atoms with Gasteiger partial charge < -0.3 is 19.9 Å². The number of ether oxygens (including phenoxy) is 3. The zero-order valence-corrected chi connectivity index (χ0v) is 17.8. The predicted octanol–water partition coefficient (Wildman–Crippen LogP) is 4.00. The van der Waals surface area contributed by atoms with Gasteiger partial charge in [-0.2, -0.15) is 5.10 Å². The second kappa shape index (κ2) is 8.26. The van der Waals surface area contributed by atoms with Gasteiger partial charge in [-0.15, -0.1) is 0 Å². The van der Waals surface area contributed by atoms with Gasteiger partial charge in [-0.3, -0.25) is 0 Å². The van der Waals surface area contributed by atoms with Crippen molar-refractivity contribution < 1.29 is 14.2 Å². The monoisotopic (exact) mass is 428 g/mol. The first-order chi connectivity index (χ1) is 15.6. The van der Waals surface area contributed by atoms with Crippen LogP contribution in [-0.2, 0) is 6.42 Å². The predicted molar refractivity (Wildman–Crippen MR) is 122 cm³/mol. The van der Waals surface area contributed by atoms with Gasteiger partial charge >= 0.3 is 0 Å². The highest BCUT2D eigenvalue weighted by Gasteiger charge is 2.15. The molecular formula is C25H24N4O3. The highest BCUT2D eigenvalue weighted by Crippen LogP contribution is 2.34. The fourth-order valence-electron chi connectivity index (χ4n) is 3.59. The van der Waals surface area contributed by atoms with Crippen LogP contribution in [0.2, 0.25) is 0 Å². The third-order valence-corrected chi connectivity index (χ3v) is 5.36. The van der Waals surface area contributed by atoms with E-state index >= 15 is 0 Å². The molecule has 0 amide bonds. The molecule has 1 aliphatic heterocycles. The molecule has 0 radical (unpaired) electrons. The number of aromatic nitrogens is 3. The first-order valence-electron chi connectivity index (χ1n) is 10.5. The number of hydrogen-bond acceptors (Lipinski definition) is 6. The van der Waals surface area contributed by atoms with Gasteiger partial charge in [0.2, 0.25) is 0 Å². The summed E-state index contributed by atoms with van der Waals surface area (Å²) in [6.45, 7) is 6.71. The van der Waals surface area contributed by atoms with Crippen molar-refractivity contribution in [2.24, 2.45) is 5.73 Å². The third kappa shape index (κ3) is 3.97. The van der Waals surface area contributed by atoms with E-state index in [0.29, 0.717) is 25.3 Å². The number of pyridine rings is 1. The van der Waals surface area contributed by atoms with Crippen LogP contribution in [0.15, 0.2) is 72.9 Å². The largest absolute Gasteiger partial charge is 0.486 e. The van der Waals surface area contributed by atoms with Crippen molar-refractivity contribution in [2.45, 2.75) is 19.4 Å². The summed E-state index contributed by atoms with van der Waals surface area (Å²) in [6, 6.07) is 19.8. The summed E-state index contributed by atoms with van der Waals surface area (Å²) in [5.74, 6) is 3.01. The number of rotatable bonds is 6. The lowest BCUT2D eigenvalue weighted by Crippen LogP contribution is -2.19. The summed E-state index contributed by atoms with van der Waals surface area (Å²) in [4.78, 5) is 4.71. The van der Waals surface area contributed by atoms with Gasteiger partial charge in [0.1, 0.15) is 25.1 Å². The summed E-state index contributed by atoms with van der Waals surface area (Å²) >= 11 is 0. The van der Waals surface area contributed by atoms with E-state index in [0.717, 1.165) is 45.5 Å². The van der Waals surface area contributed by atoms with Gasteiger partial charge in [0.15, 0.2) is 23.0 Å². The molecule has 162 valence electrons. The van der Waals surface area contributed by atoms with E-state index in [4.69, 9.17) is 30.0 Å². The summed E-state index contributed by atoms with van der Waals surface area (Å²) < 4.78 is 19.0. The third-order valence-electron chi connectivity index (χ3n) is 5.36. The Labute approximate surface area is 186 Å². The Morgan fingerprint density at radius 2 is 1.88 bits per heavy atom. The molecule has 1 aliphatic rings.